The summed E-state index contributed by atoms with van der Waals surface area (Å²) in [5, 5.41) is 2.99. The number of anilines is 1. The van der Waals surface area contributed by atoms with Gasteiger partial charge in [0.2, 0.25) is 0 Å². The predicted octanol–water partition coefficient (Wildman–Crippen LogP) is -0.260. The normalized spacial score (nSPS) is 16.8. The van der Waals surface area contributed by atoms with E-state index in [2.05, 4.69) is 10.3 Å². The molecule has 9 nitrogen and oxygen atoms in total. The minimum atomic E-state index is -0.366. The van der Waals surface area contributed by atoms with Gasteiger partial charge in [-0.15, -0.1) is 0 Å². The first-order valence-corrected chi connectivity index (χ1v) is 8.69. The molecule has 140 valence electrons. The van der Waals surface area contributed by atoms with Gasteiger partial charge in [-0.2, -0.15) is 0 Å². The maximum absolute atomic E-state index is 12.5. The Labute approximate surface area is 154 Å². The molecule has 0 aliphatic carbocycles. The largest absolute Gasteiger partial charge is 0.356 e. The van der Waals surface area contributed by atoms with Crippen LogP contribution in [0, 0.1) is 0 Å². The minimum absolute atomic E-state index is 0.0820. The second-order valence-corrected chi connectivity index (χ2v) is 6.76. The molecule has 0 saturated carbocycles. The molecular weight excluding hydrogens is 348 g/mol. The zero-order chi connectivity index (χ0) is 19.1. The number of carbonyl (C=O) groups is 1. The summed E-state index contributed by atoms with van der Waals surface area (Å²) < 4.78 is 4.36. The summed E-state index contributed by atoms with van der Waals surface area (Å²) in [6.07, 6.45) is 4.20. The SMILES string of the molecule is Cn1c(N2CC[C@@H](NC(=O)c3cc4cccn4cn3)C2)cc(=O)n(C)c1=O. The van der Waals surface area contributed by atoms with Gasteiger partial charge in [0, 0.05) is 51.0 Å². The Morgan fingerprint density at radius 3 is 2.85 bits per heavy atom. The van der Waals surface area contributed by atoms with E-state index < -0.39 is 0 Å². The fraction of sp³-hybridized carbons (Fsp3) is 0.333. The van der Waals surface area contributed by atoms with Crippen molar-refractivity contribution in [3.8, 4) is 0 Å². The molecule has 1 atom stereocenters. The molecule has 1 saturated heterocycles. The first kappa shape index (κ1) is 17.1. The van der Waals surface area contributed by atoms with E-state index in [9.17, 15) is 14.4 Å². The van der Waals surface area contributed by atoms with Crippen molar-refractivity contribution in [3.05, 3.63) is 63.3 Å². The van der Waals surface area contributed by atoms with Gasteiger partial charge in [0.25, 0.3) is 11.5 Å². The maximum Gasteiger partial charge on any atom is 0.332 e. The van der Waals surface area contributed by atoms with E-state index >= 15 is 0 Å². The van der Waals surface area contributed by atoms with E-state index in [1.165, 1.54) is 17.7 Å². The summed E-state index contributed by atoms with van der Waals surface area (Å²) in [7, 11) is 3.09. The van der Waals surface area contributed by atoms with Crippen LogP contribution in [0.4, 0.5) is 5.82 Å². The average Bonchev–Trinajstić information content (AvgIpc) is 3.31. The van der Waals surface area contributed by atoms with Crippen LogP contribution in [0.2, 0.25) is 0 Å². The van der Waals surface area contributed by atoms with Crippen molar-refractivity contribution in [2.75, 3.05) is 18.0 Å². The average molecular weight is 368 g/mol. The highest BCUT2D eigenvalue weighted by molar-refractivity contribution is 5.93. The molecule has 4 heterocycles. The molecular formula is C18H20N6O3. The Balaban J connectivity index is 1.49. The van der Waals surface area contributed by atoms with Crippen LogP contribution >= 0.6 is 0 Å². The second kappa shape index (κ2) is 6.42. The van der Waals surface area contributed by atoms with Crippen LogP contribution in [0.1, 0.15) is 16.9 Å². The van der Waals surface area contributed by atoms with Gasteiger partial charge in [0.15, 0.2) is 0 Å². The number of amides is 1. The Kier molecular flexibility index (Phi) is 4.06. The van der Waals surface area contributed by atoms with Gasteiger partial charge in [0.1, 0.15) is 11.5 Å². The summed E-state index contributed by atoms with van der Waals surface area (Å²) in [6, 6.07) is 6.91. The topological polar surface area (TPSA) is 93.6 Å². The van der Waals surface area contributed by atoms with Crippen molar-refractivity contribution < 1.29 is 4.79 Å². The van der Waals surface area contributed by atoms with E-state index in [-0.39, 0.29) is 23.2 Å². The van der Waals surface area contributed by atoms with Crippen LogP contribution in [0.3, 0.4) is 0 Å². The smallest absolute Gasteiger partial charge is 0.332 e. The molecule has 0 aromatic carbocycles. The van der Waals surface area contributed by atoms with Crippen molar-refractivity contribution in [2.45, 2.75) is 12.5 Å². The molecule has 1 aliphatic heterocycles. The van der Waals surface area contributed by atoms with Crippen LogP contribution in [0.5, 0.6) is 0 Å². The van der Waals surface area contributed by atoms with Crippen LogP contribution in [0.15, 0.2) is 46.4 Å². The quantitative estimate of drug-likeness (QED) is 0.688. The Morgan fingerprint density at radius 1 is 1.22 bits per heavy atom. The van der Waals surface area contributed by atoms with Crippen LogP contribution in [0.25, 0.3) is 5.52 Å². The summed E-state index contributed by atoms with van der Waals surface area (Å²) in [5.41, 5.74) is 0.555. The van der Waals surface area contributed by atoms with E-state index in [1.807, 2.05) is 27.6 Å². The van der Waals surface area contributed by atoms with Gasteiger partial charge in [-0.1, -0.05) is 0 Å². The lowest BCUT2D eigenvalue weighted by molar-refractivity contribution is 0.0935. The van der Waals surface area contributed by atoms with Crippen molar-refractivity contribution in [3.63, 3.8) is 0 Å². The number of nitrogens with one attached hydrogen (secondary N) is 1. The highest BCUT2D eigenvalue weighted by Crippen LogP contribution is 2.17. The van der Waals surface area contributed by atoms with Crippen LogP contribution < -0.4 is 21.5 Å². The first-order valence-electron chi connectivity index (χ1n) is 8.69. The molecule has 0 unspecified atom stereocenters. The maximum atomic E-state index is 12.5. The lowest BCUT2D eigenvalue weighted by atomic mass is 10.2. The van der Waals surface area contributed by atoms with Gasteiger partial charge in [0.05, 0.1) is 6.33 Å². The molecule has 3 aromatic heterocycles. The summed E-state index contributed by atoms with van der Waals surface area (Å²) in [5.74, 6) is 0.330. The fourth-order valence-electron chi connectivity index (χ4n) is 3.43. The zero-order valence-electron chi connectivity index (χ0n) is 15.1. The third-order valence-electron chi connectivity index (χ3n) is 5.00. The highest BCUT2D eigenvalue weighted by Gasteiger charge is 2.26. The lowest BCUT2D eigenvalue weighted by Crippen LogP contribution is -2.41. The molecule has 0 spiro atoms. The van der Waals surface area contributed by atoms with Gasteiger partial charge in [-0.25, -0.2) is 9.78 Å². The molecule has 0 radical (unpaired) electrons. The third-order valence-corrected chi connectivity index (χ3v) is 5.00. The molecule has 27 heavy (non-hydrogen) atoms. The monoisotopic (exact) mass is 368 g/mol. The molecule has 9 heteroatoms. The Hall–Kier alpha value is -3.36. The standard InChI is InChI=1S/C18H20N6O3/c1-21-15(9-16(25)22(2)18(21)27)23-7-5-12(10-23)20-17(26)14-8-13-4-3-6-24(13)11-19-14/h3-4,6,8-9,11-12H,5,7,10H2,1-2H3,(H,20,26)/t12-/m1/s1. The van der Waals surface area contributed by atoms with Crippen molar-refractivity contribution >= 4 is 17.2 Å². The number of aromatic nitrogens is 4. The number of nitrogens with zero attached hydrogens (tertiary/aromatic N) is 5. The molecule has 3 aromatic rings. The van der Waals surface area contributed by atoms with E-state index in [1.54, 1.807) is 19.4 Å². The van der Waals surface area contributed by atoms with Gasteiger partial charge in [-0.05, 0) is 24.6 Å². The summed E-state index contributed by atoms with van der Waals surface area (Å²) >= 11 is 0. The fourth-order valence-corrected chi connectivity index (χ4v) is 3.43. The summed E-state index contributed by atoms with van der Waals surface area (Å²) in [6.45, 7) is 1.18. The molecule has 0 bridgehead atoms. The third kappa shape index (κ3) is 3.01. The number of hydrogen-bond acceptors (Lipinski definition) is 5. The lowest BCUT2D eigenvalue weighted by Gasteiger charge is -2.21. The number of rotatable bonds is 3. The van der Waals surface area contributed by atoms with E-state index in [0.29, 0.717) is 24.6 Å². The van der Waals surface area contributed by atoms with Crippen molar-refractivity contribution in [1.82, 2.24) is 23.8 Å². The zero-order valence-corrected chi connectivity index (χ0v) is 15.1. The molecule has 1 N–H and O–H groups in total. The Bertz CT molecular complexity index is 1140. The number of carbonyl (C=O) groups excluding carboxylic acids is 1. The van der Waals surface area contributed by atoms with E-state index in [0.717, 1.165) is 16.5 Å². The van der Waals surface area contributed by atoms with Crippen molar-refractivity contribution in [2.24, 2.45) is 14.1 Å². The number of hydrogen-bond donors (Lipinski definition) is 1. The predicted molar refractivity (Wildman–Crippen MR) is 100 cm³/mol. The molecule has 1 fully saturated rings. The minimum Gasteiger partial charge on any atom is -0.356 e. The second-order valence-electron chi connectivity index (χ2n) is 6.76. The van der Waals surface area contributed by atoms with E-state index in [4.69, 9.17) is 0 Å². The molecule has 1 aliphatic rings. The number of fused-ring (bicyclic) bond motifs is 1. The first-order chi connectivity index (χ1) is 12.9. The molecule has 4 rings (SSSR count). The van der Waals surface area contributed by atoms with Gasteiger partial charge in [-0.3, -0.25) is 18.7 Å². The van der Waals surface area contributed by atoms with Crippen molar-refractivity contribution in [1.29, 1.82) is 0 Å². The Morgan fingerprint density at radius 2 is 2.04 bits per heavy atom. The van der Waals surface area contributed by atoms with Gasteiger partial charge < -0.3 is 14.6 Å². The summed E-state index contributed by atoms with van der Waals surface area (Å²) in [4.78, 5) is 42.7. The van der Waals surface area contributed by atoms with Gasteiger partial charge >= 0.3 is 5.69 Å². The molecule has 1 amide bonds. The van der Waals surface area contributed by atoms with Crippen LogP contribution in [-0.4, -0.2) is 43.6 Å². The highest BCUT2D eigenvalue weighted by atomic mass is 16.2. The van der Waals surface area contributed by atoms with Crippen LogP contribution in [-0.2, 0) is 14.1 Å².